The maximum Gasteiger partial charge on any atom is 0.334 e. The molecule has 0 saturated carbocycles. The van der Waals surface area contributed by atoms with Crippen molar-refractivity contribution in [2.45, 2.75) is 89.2 Å². The van der Waals surface area contributed by atoms with E-state index in [1.54, 1.807) is 6.07 Å². The number of nitrogens with zero attached hydrogens (tertiary/aromatic N) is 1. The molecule has 0 radical (unpaired) electrons. The lowest BCUT2D eigenvalue weighted by Crippen LogP contribution is -2.51. The Bertz CT molecular complexity index is 1110. The maximum atomic E-state index is 13.8. The molecule has 0 amide bonds. The van der Waals surface area contributed by atoms with Gasteiger partial charge in [0, 0.05) is 23.8 Å². The topological polar surface area (TPSA) is 67.9 Å². The van der Waals surface area contributed by atoms with Crippen molar-refractivity contribution < 1.29 is 18.5 Å². The Morgan fingerprint density at radius 2 is 1.78 bits per heavy atom. The number of carbonyl (C=O) groups is 1. The van der Waals surface area contributed by atoms with Gasteiger partial charge < -0.3 is 14.4 Å². The summed E-state index contributed by atoms with van der Waals surface area (Å²) >= 11 is 3.63. The van der Waals surface area contributed by atoms with E-state index in [1.165, 1.54) is 12.3 Å². The molecule has 0 aromatic heterocycles. The van der Waals surface area contributed by atoms with E-state index in [0.29, 0.717) is 21.7 Å². The average Bonchev–Trinajstić information content (AvgIpc) is 2.95. The van der Waals surface area contributed by atoms with Crippen molar-refractivity contribution in [2.24, 2.45) is 0 Å². The fourth-order valence-corrected chi connectivity index (χ4v) is 6.17. The van der Waals surface area contributed by atoms with Gasteiger partial charge in [0.1, 0.15) is 22.3 Å². The van der Waals surface area contributed by atoms with Gasteiger partial charge in [-0.15, -0.1) is 0 Å². The van der Waals surface area contributed by atoms with Gasteiger partial charge in [-0.1, -0.05) is 57.7 Å². The summed E-state index contributed by atoms with van der Waals surface area (Å²) in [6.07, 6.45) is 8.69. The number of carbonyl (C=O) groups excluding carboxylic acids is 1. The number of benzene rings is 2. The van der Waals surface area contributed by atoms with E-state index in [4.69, 9.17) is 9.47 Å². The Balaban J connectivity index is 2.01. The number of nitrogens with one attached hydrogen (secondary N) is 1. The predicted molar refractivity (Wildman–Crippen MR) is 155 cm³/mol. The number of halogens is 1. The molecule has 0 aliphatic carbocycles. The third-order valence-electron chi connectivity index (χ3n) is 6.17. The monoisotopic (exact) mass is 590 g/mol. The quantitative estimate of drug-likeness (QED) is 0.175. The van der Waals surface area contributed by atoms with Crippen LogP contribution < -0.4 is 14.4 Å². The van der Waals surface area contributed by atoms with Gasteiger partial charge in [0.2, 0.25) is 0 Å². The molecule has 2 aromatic carbocycles. The summed E-state index contributed by atoms with van der Waals surface area (Å²) in [4.78, 5) is 15.0. The van der Waals surface area contributed by atoms with Crippen molar-refractivity contribution in [3.63, 3.8) is 0 Å². The first kappa shape index (κ1) is 29.4. The number of hydrogen-bond donors (Lipinski definition) is 1. The molecule has 1 heterocycles. The number of ether oxygens (including phenoxy) is 2. The summed E-state index contributed by atoms with van der Waals surface area (Å²) in [5.74, 6) is -0.0214. The first-order chi connectivity index (χ1) is 17.6. The minimum absolute atomic E-state index is 0.296. The van der Waals surface area contributed by atoms with Crippen molar-refractivity contribution in [2.75, 3.05) is 11.4 Å². The molecule has 8 heteroatoms. The van der Waals surface area contributed by atoms with Crippen LogP contribution in [-0.2, 0) is 20.5 Å². The van der Waals surface area contributed by atoms with Gasteiger partial charge in [0.05, 0.1) is 27.4 Å². The average molecular weight is 592 g/mol. The van der Waals surface area contributed by atoms with Gasteiger partial charge in [-0.25, -0.2) is 13.7 Å². The molecule has 1 aliphatic rings. The summed E-state index contributed by atoms with van der Waals surface area (Å²) in [5, 5.41) is 0. The Labute approximate surface area is 232 Å². The van der Waals surface area contributed by atoms with Crippen molar-refractivity contribution >= 4 is 44.3 Å². The van der Waals surface area contributed by atoms with E-state index in [1.807, 2.05) is 45.0 Å². The van der Waals surface area contributed by atoms with E-state index in [9.17, 15) is 9.00 Å². The van der Waals surface area contributed by atoms with Crippen LogP contribution in [0.3, 0.4) is 0 Å². The second-order valence-electron chi connectivity index (χ2n) is 10.5. The second-order valence-corrected chi connectivity index (χ2v) is 12.5. The summed E-state index contributed by atoms with van der Waals surface area (Å²) < 4.78 is 29.2. The third-order valence-corrected chi connectivity index (χ3v) is 8.13. The summed E-state index contributed by atoms with van der Waals surface area (Å²) in [5.41, 5.74) is 1.03. The number of hydrogen-bond acceptors (Lipinski definition) is 5. The molecular weight excluding hydrogens is 552 g/mol. The fourth-order valence-electron chi connectivity index (χ4n) is 4.40. The smallest absolute Gasteiger partial charge is 0.334 e. The van der Waals surface area contributed by atoms with Crippen LogP contribution in [0, 0.1) is 0 Å². The first-order valence-corrected chi connectivity index (χ1v) is 14.9. The molecule has 0 spiro atoms. The molecule has 202 valence electrons. The lowest BCUT2D eigenvalue weighted by Gasteiger charge is -2.37. The van der Waals surface area contributed by atoms with E-state index < -0.39 is 22.6 Å². The highest BCUT2D eigenvalue weighted by Gasteiger charge is 2.38. The molecule has 2 aromatic rings. The van der Waals surface area contributed by atoms with Crippen LogP contribution in [0.4, 0.5) is 11.4 Å². The molecule has 0 saturated heterocycles. The molecule has 0 bridgehead atoms. The number of anilines is 2. The van der Waals surface area contributed by atoms with Crippen molar-refractivity contribution in [3.05, 3.63) is 59.3 Å². The second kappa shape index (κ2) is 13.1. The zero-order chi connectivity index (χ0) is 27.1. The third kappa shape index (κ3) is 8.16. The number of unbranched alkanes of at least 4 members (excludes halogenated alkanes) is 2. The Kier molecular flexibility index (Phi) is 10.4. The zero-order valence-electron chi connectivity index (χ0n) is 22.5. The van der Waals surface area contributed by atoms with Gasteiger partial charge in [-0.05, 0) is 67.7 Å². The number of esters is 1. The molecule has 1 N–H and O–H groups in total. The van der Waals surface area contributed by atoms with Crippen LogP contribution in [0.2, 0.25) is 0 Å². The van der Waals surface area contributed by atoms with E-state index in [-0.39, 0.29) is 5.54 Å². The Hall–Kier alpha value is -2.16. The highest BCUT2D eigenvalue weighted by molar-refractivity contribution is 9.10. The summed E-state index contributed by atoms with van der Waals surface area (Å²) in [6, 6.07) is 14.0. The van der Waals surface area contributed by atoms with E-state index in [0.717, 1.165) is 49.9 Å². The SMILES string of the molecule is CCCCC1(CCCC)CN(c2ccccc2)c2cc(Br)c(O/C=C/C(=O)OC(C)(C)C)cc2S(=O)N1. The highest BCUT2D eigenvalue weighted by atomic mass is 79.9. The lowest BCUT2D eigenvalue weighted by molar-refractivity contribution is -0.148. The van der Waals surface area contributed by atoms with Gasteiger partial charge in [0.15, 0.2) is 0 Å². The number of fused-ring (bicyclic) bond motifs is 1. The predicted octanol–water partition coefficient (Wildman–Crippen LogP) is 7.57. The molecule has 0 fully saturated rings. The van der Waals surface area contributed by atoms with Crippen molar-refractivity contribution in [1.82, 2.24) is 4.72 Å². The number of para-hydroxylation sites is 1. The Morgan fingerprint density at radius 3 is 2.38 bits per heavy atom. The fraction of sp³-hybridized carbons (Fsp3) is 0.483. The first-order valence-electron chi connectivity index (χ1n) is 13.0. The van der Waals surface area contributed by atoms with E-state index >= 15 is 0 Å². The lowest BCUT2D eigenvalue weighted by atomic mass is 9.87. The maximum absolute atomic E-state index is 13.8. The molecule has 1 unspecified atom stereocenters. The van der Waals surface area contributed by atoms with Crippen LogP contribution in [0.15, 0.2) is 64.2 Å². The molecule has 3 rings (SSSR count). The Morgan fingerprint density at radius 1 is 1.14 bits per heavy atom. The molecule has 1 aliphatic heterocycles. The van der Waals surface area contributed by atoms with E-state index in [2.05, 4.69) is 51.5 Å². The standard InChI is InChI=1S/C29H39BrN2O4S/c1-6-8-16-29(17-9-7-2)21-32(22-13-11-10-12-14-22)24-19-23(30)25(20-26(24)37(34)31-29)35-18-15-27(33)36-28(3,4)5/h10-15,18-20,31H,6-9,16-17,21H2,1-5H3/b18-15+. The highest BCUT2D eigenvalue weighted by Crippen LogP contribution is 2.42. The molecule has 37 heavy (non-hydrogen) atoms. The van der Waals surface area contributed by atoms with Crippen molar-refractivity contribution in [1.29, 1.82) is 0 Å². The van der Waals surface area contributed by atoms with Gasteiger partial charge in [-0.2, -0.15) is 0 Å². The van der Waals surface area contributed by atoms with Crippen LogP contribution in [0.25, 0.3) is 0 Å². The van der Waals surface area contributed by atoms with Crippen LogP contribution in [0.5, 0.6) is 5.75 Å². The van der Waals surface area contributed by atoms with Gasteiger partial charge >= 0.3 is 5.97 Å². The zero-order valence-corrected chi connectivity index (χ0v) is 24.9. The molecular formula is C29H39BrN2O4S. The van der Waals surface area contributed by atoms with Gasteiger partial charge in [0.25, 0.3) is 0 Å². The normalized spacial score (nSPS) is 17.4. The summed E-state index contributed by atoms with van der Waals surface area (Å²) in [7, 11) is -1.46. The summed E-state index contributed by atoms with van der Waals surface area (Å²) in [6.45, 7) is 10.5. The largest absolute Gasteiger partial charge is 0.463 e. The van der Waals surface area contributed by atoms with Gasteiger partial charge in [-0.3, -0.25) is 0 Å². The van der Waals surface area contributed by atoms with Crippen LogP contribution >= 0.6 is 15.9 Å². The minimum atomic E-state index is -1.46. The minimum Gasteiger partial charge on any atom is -0.463 e. The van der Waals surface area contributed by atoms with Crippen LogP contribution in [-0.4, -0.2) is 27.9 Å². The molecule has 1 atom stereocenters. The van der Waals surface area contributed by atoms with Crippen molar-refractivity contribution in [3.8, 4) is 5.75 Å². The number of rotatable bonds is 10. The molecule has 6 nitrogen and oxygen atoms in total. The van der Waals surface area contributed by atoms with Crippen LogP contribution in [0.1, 0.15) is 73.1 Å².